The number of ether oxygens (including phenoxy) is 2. The lowest BCUT2D eigenvalue weighted by Crippen LogP contribution is -2.47. The number of anilines is 1. The number of benzene rings is 2. The lowest BCUT2D eigenvalue weighted by Gasteiger charge is -2.37. The van der Waals surface area contributed by atoms with Gasteiger partial charge in [0, 0.05) is 5.56 Å². The van der Waals surface area contributed by atoms with Gasteiger partial charge in [-0.3, -0.25) is 4.79 Å². The van der Waals surface area contributed by atoms with Crippen LogP contribution in [-0.2, 0) is 20.1 Å². The van der Waals surface area contributed by atoms with Crippen molar-refractivity contribution in [3.63, 3.8) is 0 Å². The fourth-order valence-corrected chi connectivity index (χ4v) is 4.29. The second-order valence-corrected chi connectivity index (χ2v) is 8.25. The van der Waals surface area contributed by atoms with Crippen molar-refractivity contribution in [2.45, 2.75) is 50.6 Å². The van der Waals surface area contributed by atoms with E-state index in [1.54, 1.807) is 0 Å². The fourth-order valence-electron chi connectivity index (χ4n) is 4.29. The highest BCUT2D eigenvalue weighted by Gasteiger charge is 2.53. The number of fused-ring (bicyclic) bond motifs is 2. The average molecular weight is 379 g/mol. The van der Waals surface area contributed by atoms with E-state index in [4.69, 9.17) is 9.47 Å². The van der Waals surface area contributed by atoms with Gasteiger partial charge in [-0.1, -0.05) is 48.7 Å². The molecular weight excluding hydrogens is 354 g/mol. The van der Waals surface area contributed by atoms with Crippen molar-refractivity contribution in [2.24, 2.45) is 5.92 Å². The molecule has 3 aliphatic rings. The number of aryl methyl sites for hydroxylation is 1. The molecular formula is C23H25NO4. The van der Waals surface area contributed by atoms with E-state index in [2.05, 4.69) is 5.32 Å². The SMILES string of the molecule is Cc1cccc(C(O)c2ccc3c(c2)[C@]2(OCCC(CC4CC4)O2)C(=O)N3)c1. The molecule has 2 heterocycles. The van der Waals surface area contributed by atoms with Gasteiger partial charge in [0.15, 0.2) is 0 Å². The molecule has 2 aromatic carbocycles. The van der Waals surface area contributed by atoms with E-state index in [1.165, 1.54) is 12.8 Å². The summed E-state index contributed by atoms with van der Waals surface area (Å²) in [5, 5.41) is 13.8. The van der Waals surface area contributed by atoms with Crippen molar-refractivity contribution in [1.29, 1.82) is 0 Å². The van der Waals surface area contributed by atoms with Crippen LogP contribution in [0.15, 0.2) is 42.5 Å². The molecule has 5 rings (SSSR count). The molecule has 1 saturated heterocycles. The number of hydrogen-bond acceptors (Lipinski definition) is 4. The number of carbonyl (C=O) groups excluding carboxylic acids is 1. The van der Waals surface area contributed by atoms with Gasteiger partial charge in [-0.05, 0) is 48.9 Å². The van der Waals surface area contributed by atoms with Crippen LogP contribution in [0.2, 0.25) is 0 Å². The van der Waals surface area contributed by atoms with Crippen molar-refractivity contribution in [2.75, 3.05) is 11.9 Å². The van der Waals surface area contributed by atoms with E-state index in [-0.39, 0.29) is 12.0 Å². The van der Waals surface area contributed by atoms with Crippen LogP contribution in [0.1, 0.15) is 54.0 Å². The summed E-state index contributed by atoms with van der Waals surface area (Å²) >= 11 is 0. The highest BCUT2D eigenvalue weighted by atomic mass is 16.7. The minimum Gasteiger partial charge on any atom is -0.384 e. The monoisotopic (exact) mass is 379 g/mol. The summed E-state index contributed by atoms with van der Waals surface area (Å²) in [6, 6.07) is 13.3. The van der Waals surface area contributed by atoms with Gasteiger partial charge in [-0.2, -0.15) is 0 Å². The van der Waals surface area contributed by atoms with E-state index in [9.17, 15) is 9.90 Å². The van der Waals surface area contributed by atoms with E-state index < -0.39 is 11.9 Å². The molecule has 2 N–H and O–H groups in total. The number of amides is 1. The van der Waals surface area contributed by atoms with Crippen LogP contribution in [0.3, 0.4) is 0 Å². The summed E-state index contributed by atoms with van der Waals surface area (Å²) in [6.07, 6.45) is 3.56. The Labute approximate surface area is 164 Å². The summed E-state index contributed by atoms with van der Waals surface area (Å²) in [6.45, 7) is 2.50. The normalized spacial score (nSPS) is 27.5. The van der Waals surface area contributed by atoms with E-state index >= 15 is 0 Å². The molecule has 1 aliphatic carbocycles. The molecule has 3 atom stereocenters. The highest BCUT2D eigenvalue weighted by molar-refractivity contribution is 6.04. The van der Waals surface area contributed by atoms with Crippen molar-refractivity contribution < 1.29 is 19.4 Å². The van der Waals surface area contributed by atoms with Gasteiger partial charge in [0.25, 0.3) is 11.7 Å². The number of nitrogens with one attached hydrogen (secondary N) is 1. The maximum Gasteiger partial charge on any atom is 0.289 e. The standard InChI is InChI=1S/C23H25NO4/c1-14-3-2-4-16(11-14)21(25)17-7-8-20-19(13-17)23(22(26)24-20)27-10-9-18(28-23)12-15-5-6-15/h2-4,7-8,11,13,15,18,21,25H,5-6,9-10,12H2,1H3,(H,24,26)/t18?,21?,23-/m1/s1. The van der Waals surface area contributed by atoms with Crippen LogP contribution in [0.5, 0.6) is 0 Å². The van der Waals surface area contributed by atoms with Gasteiger partial charge >= 0.3 is 0 Å². The smallest absolute Gasteiger partial charge is 0.289 e. The molecule has 1 spiro atoms. The third kappa shape index (κ3) is 3.04. The Kier molecular flexibility index (Phi) is 4.27. The maximum atomic E-state index is 12.8. The van der Waals surface area contributed by atoms with Gasteiger partial charge in [-0.25, -0.2) is 0 Å². The molecule has 5 nitrogen and oxygen atoms in total. The molecule has 0 aromatic heterocycles. The van der Waals surface area contributed by atoms with Gasteiger partial charge < -0.3 is 19.9 Å². The van der Waals surface area contributed by atoms with Crippen molar-refractivity contribution in [1.82, 2.24) is 0 Å². The van der Waals surface area contributed by atoms with Crippen LogP contribution < -0.4 is 5.32 Å². The van der Waals surface area contributed by atoms with Crippen LogP contribution >= 0.6 is 0 Å². The van der Waals surface area contributed by atoms with E-state index in [1.807, 2.05) is 49.4 Å². The summed E-state index contributed by atoms with van der Waals surface area (Å²) < 4.78 is 12.2. The second kappa shape index (κ2) is 6.69. The summed E-state index contributed by atoms with van der Waals surface area (Å²) in [5.74, 6) is -0.945. The molecule has 2 aliphatic heterocycles. The Morgan fingerprint density at radius 2 is 2.00 bits per heavy atom. The first-order chi connectivity index (χ1) is 13.5. The number of aliphatic hydroxyl groups excluding tert-OH is 1. The van der Waals surface area contributed by atoms with Crippen LogP contribution in [0, 0.1) is 12.8 Å². The third-order valence-corrected chi connectivity index (χ3v) is 5.99. The van der Waals surface area contributed by atoms with Crippen molar-refractivity contribution >= 4 is 11.6 Å². The molecule has 28 heavy (non-hydrogen) atoms. The second-order valence-electron chi connectivity index (χ2n) is 8.25. The Morgan fingerprint density at radius 3 is 2.79 bits per heavy atom. The minimum atomic E-state index is -1.39. The molecule has 146 valence electrons. The Bertz CT molecular complexity index is 923. The Balaban J connectivity index is 1.48. The zero-order valence-corrected chi connectivity index (χ0v) is 16.0. The number of rotatable bonds is 4. The fraction of sp³-hybridized carbons (Fsp3) is 0.435. The largest absolute Gasteiger partial charge is 0.384 e. The topological polar surface area (TPSA) is 67.8 Å². The molecule has 0 radical (unpaired) electrons. The average Bonchev–Trinajstić information content (AvgIpc) is 3.47. The zero-order valence-electron chi connectivity index (χ0n) is 16.0. The molecule has 1 saturated carbocycles. The van der Waals surface area contributed by atoms with E-state index in [0.29, 0.717) is 17.9 Å². The minimum absolute atomic E-state index is 0.0308. The predicted molar refractivity (Wildman–Crippen MR) is 105 cm³/mol. The lowest BCUT2D eigenvalue weighted by atomic mass is 9.95. The Hall–Kier alpha value is -2.21. The molecule has 1 amide bonds. The first-order valence-corrected chi connectivity index (χ1v) is 10.1. The zero-order chi connectivity index (χ0) is 19.3. The van der Waals surface area contributed by atoms with Crippen molar-refractivity contribution in [3.05, 3.63) is 64.7 Å². The highest BCUT2D eigenvalue weighted by Crippen LogP contribution is 2.46. The molecule has 5 heteroatoms. The van der Waals surface area contributed by atoms with Gasteiger partial charge in [0.05, 0.1) is 18.4 Å². The Morgan fingerprint density at radius 1 is 1.18 bits per heavy atom. The lowest BCUT2D eigenvalue weighted by molar-refractivity contribution is -0.281. The number of carbonyl (C=O) groups is 1. The number of aliphatic hydroxyl groups is 1. The van der Waals surface area contributed by atoms with Crippen LogP contribution in [0.4, 0.5) is 5.69 Å². The van der Waals surface area contributed by atoms with Crippen molar-refractivity contribution in [3.8, 4) is 0 Å². The van der Waals surface area contributed by atoms with Crippen LogP contribution in [-0.4, -0.2) is 23.7 Å². The molecule has 0 bridgehead atoms. The van der Waals surface area contributed by atoms with Crippen LogP contribution in [0.25, 0.3) is 0 Å². The molecule has 2 aromatic rings. The van der Waals surface area contributed by atoms with E-state index in [0.717, 1.165) is 35.4 Å². The molecule has 2 unspecified atom stereocenters. The predicted octanol–water partition coefficient (Wildman–Crippen LogP) is 3.79. The van der Waals surface area contributed by atoms with Gasteiger partial charge in [0.2, 0.25) is 0 Å². The summed E-state index contributed by atoms with van der Waals surface area (Å²) in [4.78, 5) is 12.8. The van der Waals surface area contributed by atoms with Gasteiger partial charge in [0.1, 0.15) is 6.10 Å². The van der Waals surface area contributed by atoms with Gasteiger partial charge in [-0.15, -0.1) is 0 Å². The quantitative estimate of drug-likeness (QED) is 0.848. The first-order valence-electron chi connectivity index (χ1n) is 10.1. The third-order valence-electron chi connectivity index (χ3n) is 5.99. The summed E-state index contributed by atoms with van der Waals surface area (Å²) in [7, 11) is 0. The summed E-state index contributed by atoms with van der Waals surface area (Å²) in [5.41, 5.74) is 3.99. The first kappa shape index (κ1) is 17.9. The molecule has 2 fully saturated rings. The number of hydrogen-bond donors (Lipinski definition) is 2. The maximum absolute atomic E-state index is 12.8.